The van der Waals surface area contributed by atoms with Crippen molar-refractivity contribution in [1.82, 2.24) is 10.3 Å². The maximum absolute atomic E-state index is 11.9. The average Bonchev–Trinajstić information content (AvgIpc) is 2.41. The summed E-state index contributed by atoms with van der Waals surface area (Å²) in [6.07, 6.45) is 2.68. The van der Waals surface area contributed by atoms with E-state index in [1.165, 1.54) is 0 Å². The number of hydrogen-bond donors (Lipinski definition) is 2. The third-order valence-corrected chi connectivity index (χ3v) is 3.75. The Hall–Kier alpha value is -1.62. The van der Waals surface area contributed by atoms with Gasteiger partial charge in [-0.05, 0) is 32.4 Å². The van der Waals surface area contributed by atoms with E-state index < -0.39 is 5.54 Å². The Labute approximate surface area is 114 Å². The molecule has 1 aliphatic rings. The van der Waals surface area contributed by atoms with E-state index in [-0.39, 0.29) is 11.9 Å². The van der Waals surface area contributed by atoms with Crippen molar-refractivity contribution in [3.63, 3.8) is 0 Å². The SMILES string of the molecule is CCC(N)c1ccc(N2CCNC(=O)C2(C)C)cn1. The zero-order valence-corrected chi connectivity index (χ0v) is 11.8. The molecule has 1 amide bonds. The molecule has 1 unspecified atom stereocenters. The molecule has 1 aromatic rings. The van der Waals surface area contributed by atoms with Crippen molar-refractivity contribution in [1.29, 1.82) is 0 Å². The summed E-state index contributed by atoms with van der Waals surface area (Å²) in [5.41, 5.74) is 7.27. The molecule has 104 valence electrons. The molecular weight excluding hydrogens is 240 g/mol. The molecule has 1 saturated heterocycles. The summed E-state index contributed by atoms with van der Waals surface area (Å²) in [6, 6.07) is 3.93. The first kappa shape index (κ1) is 13.8. The van der Waals surface area contributed by atoms with E-state index in [0.29, 0.717) is 6.54 Å². The van der Waals surface area contributed by atoms with E-state index in [4.69, 9.17) is 5.73 Å². The molecule has 1 fully saturated rings. The van der Waals surface area contributed by atoms with E-state index >= 15 is 0 Å². The van der Waals surface area contributed by atoms with Crippen LogP contribution < -0.4 is 16.0 Å². The lowest BCUT2D eigenvalue weighted by Gasteiger charge is -2.42. The van der Waals surface area contributed by atoms with Gasteiger partial charge in [-0.1, -0.05) is 6.92 Å². The minimum absolute atomic E-state index is 0.0216. The van der Waals surface area contributed by atoms with Crippen LogP contribution in [0.15, 0.2) is 18.3 Å². The second kappa shape index (κ2) is 5.17. The summed E-state index contributed by atoms with van der Waals surface area (Å²) in [5.74, 6) is 0.0492. The highest BCUT2D eigenvalue weighted by Gasteiger charge is 2.37. The highest BCUT2D eigenvalue weighted by Crippen LogP contribution is 2.26. The first-order valence-electron chi connectivity index (χ1n) is 6.74. The minimum atomic E-state index is -0.547. The van der Waals surface area contributed by atoms with Crippen molar-refractivity contribution in [2.75, 3.05) is 18.0 Å². The first-order valence-corrected chi connectivity index (χ1v) is 6.74. The predicted molar refractivity (Wildman–Crippen MR) is 75.9 cm³/mol. The summed E-state index contributed by atoms with van der Waals surface area (Å²) in [5, 5.41) is 2.89. The van der Waals surface area contributed by atoms with Gasteiger partial charge >= 0.3 is 0 Å². The highest BCUT2D eigenvalue weighted by atomic mass is 16.2. The van der Waals surface area contributed by atoms with Crippen LogP contribution in [-0.4, -0.2) is 29.5 Å². The monoisotopic (exact) mass is 262 g/mol. The molecule has 0 radical (unpaired) electrons. The Balaban J connectivity index is 2.24. The molecule has 0 aliphatic carbocycles. The smallest absolute Gasteiger partial charge is 0.245 e. The topological polar surface area (TPSA) is 71.2 Å². The van der Waals surface area contributed by atoms with Crippen molar-refractivity contribution in [3.05, 3.63) is 24.0 Å². The summed E-state index contributed by atoms with van der Waals surface area (Å²) in [4.78, 5) is 18.4. The number of pyridine rings is 1. The number of piperazine rings is 1. The van der Waals surface area contributed by atoms with Crippen LogP contribution in [0.5, 0.6) is 0 Å². The molecule has 2 rings (SSSR count). The molecular formula is C14H22N4O. The number of aromatic nitrogens is 1. The highest BCUT2D eigenvalue weighted by molar-refractivity contribution is 5.90. The second-order valence-electron chi connectivity index (χ2n) is 5.42. The molecule has 0 bridgehead atoms. The van der Waals surface area contributed by atoms with Crippen LogP contribution in [0.25, 0.3) is 0 Å². The third-order valence-electron chi connectivity index (χ3n) is 3.75. The number of nitrogens with two attached hydrogens (primary N) is 1. The van der Waals surface area contributed by atoms with Crippen molar-refractivity contribution < 1.29 is 4.79 Å². The van der Waals surface area contributed by atoms with Crippen LogP contribution >= 0.6 is 0 Å². The van der Waals surface area contributed by atoms with Gasteiger partial charge in [-0.25, -0.2) is 0 Å². The minimum Gasteiger partial charge on any atom is -0.354 e. The Morgan fingerprint density at radius 2 is 2.26 bits per heavy atom. The number of anilines is 1. The molecule has 5 heteroatoms. The van der Waals surface area contributed by atoms with E-state index in [1.807, 2.05) is 39.1 Å². The van der Waals surface area contributed by atoms with Gasteiger partial charge in [0.05, 0.1) is 17.6 Å². The maximum atomic E-state index is 11.9. The Morgan fingerprint density at radius 3 is 2.84 bits per heavy atom. The van der Waals surface area contributed by atoms with Gasteiger partial charge in [0.25, 0.3) is 0 Å². The van der Waals surface area contributed by atoms with E-state index in [0.717, 1.165) is 24.3 Å². The van der Waals surface area contributed by atoms with Crippen LogP contribution in [0, 0.1) is 0 Å². The van der Waals surface area contributed by atoms with Crippen molar-refractivity contribution in [2.45, 2.75) is 38.8 Å². The van der Waals surface area contributed by atoms with Gasteiger partial charge in [0.1, 0.15) is 5.54 Å². The number of carbonyl (C=O) groups excluding carboxylic acids is 1. The first-order chi connectivity index (χ1) is 8.96. The van der Waals surface area contributed by atoms with Crippen molar-refractivity contribution in [3.8, 4) is 0 Å². The summed E-state index contributed by atoms with van der Waals surface area (Å²) >= 11 is 0. The molecule has 0 saturated carbocycles. The summed E-state index contributed by atoms with van der Waals surface area (Å²) in [6.45, 7) is 7.34. The predicted octanol–water partition coefficient (Wildman–Crippen LogP) is 1.21. The molecule has 1 aliphatic heterocycles. The number of carbonyl (C=O) groups is 1. The Morgan fingerprint density at radius 1 is 1.53 bits per heavy atom. The number of hydrogen-bond acceptors (Lipinski definition) is 4. The summed E-state index contributed by atoms with van der Waals surface area (Å²) in [7, 11) is 0. The third kappa shape index (κ3) is 2.56. The van der Waals surface area contributed by atoms with Gasteiger partial charge in [0.2, 0.25) is 5.91 Å². The zero-order valence-electron chi connectivity index (χ0n) is 11.8. The largest absolute Gasteiger partial charge is 0.354 e. The fourth-order valence-corrected chi connectivity index (χ4v) is 2.34. The van der Waals surface area contributed by atoms with Crippen LogP contribution in [0.1, 0.15) is 38.9 Å². The van der Waals surface area contributed by atoms with E-state index in [1.54, 1.807) is 0 Å². The molecule has 1 atom stereocenters. The lowest BCUT2D eigenvalue weighted by molar-refractivity contribution is -0.126. The van der Waals surface area contributed by atoms with Gasteiger partial charge in [-0.3, -0.25) is 9.78 Å². The van der Waals surface area contributed by atoms with Crippen LogP contribution in [-0.2, 0) is 4.79 Å². The standard InChI is InChI=1S/C14H22N4O/c1-4-11(15)12-6-5-10(9-17-12)18-8-7-16-13(19)14(18,2)3/h5-6,9,11H,4,7-8,15H2,1-3H3,(H,16,19). The average molecular weight is 262 g/mol. The molecule has 3 N–H and O–H groups in total. The number of amides is 1. The van der Waals surface area contributed by atoms with Gasteiger partial charge < -0.3 is 16.0 Å². The summed E-state index contributed by atoms with van der Waals surface area (Å²) < 4.78 is 0. The molecule has 1 aromatic heterocycles. The number of nitrogens with one attached hydrogen (secondary N) is 1. The molecule has 2 heterocycles. The Kier molecular flexibility index (Phi) is 3.75. The van der Waals surface area contributed by atoms with Gasteiger partial charge in [-0.2, -0.15) is 0 Å². The fourth-order valence-electron chi connectivity index (χ4n) is 2.34. The molecule has 5 nitrogen and oxygen atoms in total. The van der Waals surface area contributed by atoms with Crippen LogP contribution in [0.4, 0.5) is 5.69 Å². The lowest BCUT2D eigenvalue weighted by atomic mass is 9.98. The quantitative estimate of drug-likeness (QED) is 0.859. The number of nitrogens with zero attached hydrogens (tertiary/aromatic N) is 2. The lowest BCUT2D eigenvalue weighted by Crippen LogP contribution is -2.62. The van der Waals surface area contributed by atoms with Crippen LogP contribution in [0.3, 0.4) is 0 Å². The molecule has 19 heavy (non-hydrogen) atoms. The Bertz CT molecular complexity index is 455. The fraction of sp³-hybridized carbons (Fsp3) is 0.571. The molecule has 0 aromatic carbocycles. The zero-order chi connectivity index (χ0) is 14.0. The maximum Gasteiger partial charge on any atom is 0.245 e. The van der Waals surface area contributed by atoms with Gasteiger partial charge in [0.15, 0.2) is 0 Å². The van der Waals surface area contributed by atoms with Gasteiger partial charge in [-0.15, -0.1) is 0 Å². The van der Waals surface area contributed by atoms with Crippen LogP contribution in [0.2, 0.25) is 0 Å². The second-order valence-corrected chi connectivity index (χ2v) is 5.42. The van der Waals surface area contributed by atoms with E-state index in [9.17, 15) is 4.79 Å². The molecule has 0 spiro atoms. The number of rotatable bonds is 3. The van der Waals surface area contributed by atoms with E-state index in [2.05, 4.69) is 15.2 Å². The van der Waals surface area contributed by atoms with Crippen molar-refractivity contribution >= 4 is 11.6 Å². The van der Waals surface area contributed by atoms with Crippen molar-refractivity contribution in [2.24, 2.45) is 5.73 Å². The normalized spacial score (nSPS) is 20.0. The van der Waals surface area contributed by atoms with Gasteiger partial charge in [0, 0.05) is 19.1 Å².